The van der Waals surface area contributed by atoms with Crippen molar-refractivity contribution in [1.82, 2.24) is 0 Å². The van der Waals surface area contributed by atoms with E-state index in [9.17, 15) is 5.11 Å². The number of nitrogens with one attached hydrogen (secondary N) is 1. The Morgan fingerprint density at radius 1 is 1.50 bits per heavy atom. The summed E-state index contributed by atoms with van der Waals surface area (Å²) in [7, 11) is 0. The SMILES string of the molecule is CSCC(C)(O)CNc1cc(C)ccc1N. The average molecular weight is 240 g/mol. The van der Waals surface area contributed by atoms with Crippen LogP contribution >= 0.6 is 11.8 Å². The van der Waals surface area contributed by atoms with Gasteiger partial charge in [0, 0.05) is 12.3 Å². The summed E-state index contributed by atoms with van der Waals surface area (Å²) >= 11 is 1.63. The topological polar surface area (TPSA) is 58.3 Å². The number of nitrogens with two attached hydrogens (primary N) is 1. The Bertz CT molecular complexity index is 353. The average Bonchev–Trinajstić information content (AvgIpc) is 2.19. The van der Waals surface area contributed by atoms with Crippen molar-refractivity contribution in [2.24, 2.45) is 0 Å². The van der Waals surface area contributed by atoms with Crippen LogP contribution in [-0.2, 0) is 0 Å². The fourth-order valence-electron chi connectivity index (χ4n) is 1.47. The van der Waals surface area contributed by atoms with Gasteiger partial charge in [-0.05, 0) is 37.8 Å². The van der Waals surface area contributed by atoms with Crippen LogP contribution < -0.4 is 11.1 Å². The second-order valence-corrected chi connectivity index (χ2v) is 5.24. The Morgan fingerprint density at radius 2 is 2.19 bits per heavy atom. The molecule has 4 heteroatoms. The highest BCUT2D eigenvalue weighted by atomic mass is 32.2. The largest absolute Gasteiger partial charge is 0.397 e. The minimum atomic E-state index is -0.713. The lowest BCUT2D eigenvalue weighted by atomic mass is 10.1. The second-order valence-electron chi connectivity index (χ2n) is 4.37. The Labute approximate surface area is 101 Å². The molecule has 1 unspecified atom stereocenters. The van der Waals surface area contributed by atoms with Crippen molar-refractivity contribution >= 4 is 23.1 Å². The number of thioether (sulfide) groups is 1. The Morgan fingerprint density at radius 3 is 2.81 bits per heavy atom. The van der Waals surface area contributed by atoms with Crippen molar-refractivity contribution in [1.29, 1.82) is 0 Å². The van der Waals surface area contributed by atoms with Crippen LogP contribution in [0.5, 0.6) is 0 Å². The van der Waals surface area contributed by atoms with Gasteiger partial charge >= 0.3 is 0 Å². The first-order chi connectivity index (χ1) is 7.44. The molecule has 1 aromatic carbocycles. The van der Waals surface area contributed by atoms with Gasteiger partial charge in [0.15, 0.2) is 0 Å². The van der Waals surface area contributed by atoms with Gasteiger partial charge in [0.2, 0.25) is 0 Å². The fourth-order valence-corrected chi connectivity index (χ4v) is 2.19. The van der Waals surface area contributed by atoms with Crippen molar-refractivity contribution in [2.75, 3.05) is 29.6 Å². The quantitative estimate of drug-likeness (QED) is 0.690. The first-order valence-electron chi connectivity index (χ1n) is 5.26. The molecular formula is C12H20N2OS. The molecule has 0 aromatic heterocycles. The van der Waals surface area contributed by atoms with E-state index in [1.54, 1.807) is 11.8 Å². The molecule has 0 aliphatic heterocycles. The van der Waals surface area contributed by atoms with Gasteiger partial charge in [-0.1, -0.05) is 6.07 Å². The molecule has 4 N–H and O–H groups in total. The molecule has 16 heavy (non-hydrogen) atoms. The van der Waals surface area contributed by atoms with Gasteiger partial charge in [-0.2, -0.15) is 11.8 Å². The predicted octanol–water partition coefficient (Wildman–Crippen LogP) is 2.10. The molecule has 0 bridgehead atoms. The third-order valence-electron chi connectivity index (χ3n) is 2.32. The highest BCUT2D eigenvalue weighted by Gasteiger charge is 2.19. The molecule has 90 valence electrons. The summed E-state index contributed by atoms with van der Waals surface area (Å²) in [6.45, 7) is 4.34. The lowest BCUT2D eigenvalue weighted by molar-refractivity contribution is 0.0997. The lowest BCUT2D eigenvalue weighted by Crippen LogP contribution is -2.36. The summed E-state index contributed by atoms with van der Waals surface area (Å²) in [5.41, 5.74) is 7.89. The van der Waals surface area contributed by atoms with Crippen molar-refractivity contribution in [3.05, 3.63) is 23.8 Å². The van der Waals surface area contributed by atoms with Gasteiger partial charge in [0.05, 0.1) is 17.0 Å². The molecule has 1 aromatic rings. The van der Waals surface area contributed by atoms with Gasteiger partial charge in [0.1, 0.15) is 0 Å². The Kier molecular flexibility index (Phi) is 4.50. The highest BCUT2D eigenvalue weighted by molar-refractivity contribution is 7.98. The van der Waals surface area contributed by atoms with E-state index in [0.717, 1.165) is 11.3 Å². The summed E-state index contributed by atoms with van der Waals surface area (Å²) in [6, 6.07) is 5.84. The number of aliphatic hydroxyl groups is 1. The first kappa shape index (κ1) is 13.2. The zero-order valence-corrected chi connectivity index (χ0v) is 10.9. The zero-order valence-electron chi connectivity index (χ0n) is 10.1. The van der Waals surface area contributed by atoms with E-state index in [0.29, 0.717) is 18.0 Å². The third-order valence-corrected chi connectivity index (χ3v) is 3.23. The molecule has 0 aliphatic rings. The molecule has 0 saturated carbocycles. The van der Waals surface area contributed by atoms with E-state index in [2.05, 4.69) is 5.32 Å². The summed E-state index contributed by atoms with van der Waals surface area (Å²) in [5.74, 6) is 0.700. The smallest absolute Gasteiger partial charge is 0.0881 e. The molecule has 0 aliphatic carbocycles. The van der Waals surface area contributed by atoms with Crippen molar-refractivity contribution in [3.63, 3.8) is 0 Å². The van der Waals surface area contributed by atoms with Crippen LogP contribution in [0.25, 0.3) is 0 Å². The van der Waals surface area contributed by atoms with E-state index < -0.39 is 5.60 Å². The maximum atomic E-state index is 10.0. The Hall–Kier alpha value is -0.870. The molecule has 0 heterocycles. The number of hydrogen-bond acceptors (Lipinski definition) is 4. The fraction of sp³-hybridized carbons (Fsp3) is 0.500. The molecule has 1 atom stereocenters. The van der Waals surface area contributed by atoms with Crippen LogP contribution in [-0.4, -0.2) is 29.3 Å². The van der Waals surface area contributed by atoms with E-state index in [-0.39, 0.29) is 0 Å². The number of rotatable bonds is 5. The maximum Gasteiger partial charge on any atom is 0.0881 e. The van der Waals surface area contributed by atoms with Crippen molar-refractivity contribution in [2.45, 2.75) is 19.4 Å². The Balaban J connectivity index is 2.63. The van der Waals surface area contributed by atoms with E-state index >= 15 is 0 Å². The van der Waals surface area contributed by atoms with Gasteiger partial charge < -0.3 is 16.2 Å². The van der Waals surface area contributed by atoms with Crippen LogP contribution in [0.4, 0.5) is 11.4 Å². The van der Waals surface area contributed by atoms with E-state index in [4.69, 9.17) is 5.73 Å². The number of anilines is 2. The third kappa shape index (κ3) is 3.94. The highest BCUT2D eigenvalue weighted by Crippen LogP contribution is 2.21. The summed E-state index contributed by atoms with van der Waals surface area (Å²) in [5, 5.41) is 13.2. The number of aryl methyl sites for hydroxylation is 1. The minimum Gasteiger partial charge on any atom is -0.397 e. The summed E-state index contributed by atoms with van der Waals surface area (Å²) in [4.78, 5) is 0. The van der Waals surface area contributed by atoms with Crippen LogP contribution in [0.15, 0.2) is 18.2 Å². The van der Waals surface area contributed by atoms with Gasteiger partial charge in [0.25, 0.3) is 0 Å². The minimum absolute atomic E-state index is 0.501. The van der Waals surface area contributed by atoms with Crippen LogP contribution in [0.2, 0.25) is 0 Å². The summed E-state index contributed by atoms with van der Waals surface area (Å²) < 4.78 is 0. The predicted molar refractivity (Wildman–Crippen MR) is 73.1 cm³/mol. The van der Waals surface area contributed by atoms with Gasteiger partial charge in [-0.15, -0.1) is 0 Å². The molecule has 0 radical (unpaired) electrons. The van der Waals surface area contributed by atoms with E-state index in [1.165, 1.54) is 0 Å². The molecule has 0 fully saturated rings. The number of nitrogen functional groups attached to an aromatic ring is 1. The number of benzene rings is 1. The lowest BCUT2D eigenvalue weighted by Gasteiger charge is -2.23. The summed E-state index contributed by atoms with van der Waals surface area (Å²) in [6.07, 6.45) is 1.98. The molecule has 3 nitrogen and oxygen atoms in total. The van der Waals surface area contributed by atoms with Crippen LogP contribution in [0.3, 0.4) is 0 Å². The maximum absolute atomic E-state index is 10.0. The molecule has 0 saturated heterocycles. The molecule has 0 spiro atoms. The van der Waals surface area contributed by atoms with Crippen LogP contribution in [0, 0.1) is 6.92 Å². The first-order valence-corrected chi connectivity index (χ1v) is 6.65. The second kappa shape index (κ2) is 5.46. The monoisotopic (exact) mass is 240 g/mol. The number of hydrogen-bond donors (Lipinski definition) is 3. The molecule has 1 rings (SSSR count). The molecule has 0 amide bonds. The zero-order chi connectivity index (χ0) is 12.2. The van der Waals surface area contributed by atoms with E-state index in [1.807, 2.05) is 38.3 Å². The van der Waals surface area contributed by atoms with Gasteiger partial charge in [-0.25, -0.2) is 0 Å². The van der Waals surface area contributed by atoms with Crippen molar-refractivity contribution < 1.29 is 5.11 Å². The van der Waals surface area contributed by atoms with Crippen molar-refractivity contribution in [3.8, 4) is 0 Å². The van der Waals surface area contributed by atoms with Crippen LogP contribution in [0.1, 0.15) is 12.5 Å². The van der Waals surface area contributed by atoms with Gasteiger partial charge in [-0.3, -0.25) is 0 Å². The standard InChI is InChI=1S/C12H20N2OS/c1-9-4-5-10(13)11(6-9)14-7-12(2,15)8-16-3/h4-6,14-15H,7-8,13H2,1-3H3. The normalized spacial score (nSPS) is 14.5. The molecular weight excluding hydrogens is 220 g/mol.